The predicted octanol–water partition coefficient (Wildman–Crippen LogP) is -1.10. The third-order valence-corrected chi connectivity index (χ3v) is 2.99. The largest absolute Gasteiger partial charge is 1.00 e. The van der Waals surface area contributed by atoms with Crippen LogP contribution < -0.4 is 29.6 Å². The molecule has 1 unspecified atom stereocenters. The molecule has 0 aromatic rings. The Morgan fingerprint density at radius 3 is 2.17 bits per heavy atom. The third-order valence-electron chi connectivity index (χ3n) is 1.95. The molecule has 0 aromatic carbocycles. The minimum absolute atomic E-state index is 0. The first-order valence-electron chi connectivity index (χ1n) is 3.49. The van der Waals surface area contributed by atoms with Gasteiger partial charge in [-0.05, 0) is 12.8 Å². The Morgan fingerprint density at radius 1 is 1.42 bits per heavy atom. The second-order valence-corrected chi connectivity index (χ2v) is 4.05. The van der Waals surface area contributed by atoms with Gasteiger partial charge >= 0.3 is 29.6 Å². The summed E-state index contributed by atoms with van der Waals surface area (Å²) in [5, 5.41) is -0.436. The molecule has 1 aliphatic rings. The van der Waals surface area contributed by atoms with Gasteiger partial charge in [0.2, 0.25) is 5.92 Å². The summed E-state index contributed by atoms with van der Waals surface area (Å²) < 4.78 is 43.9. The summed E-state index contributed by atoms with van der Waals surface area (Å²) in [5.74, 6) is -2.60. The van der Waals surface area contributed by atoms with Crippen molar-refractivity contribution in [2.45, 2.75) is 36.9 Å². The Bertz CT molecular complexity index is 172. The molecule has 6 heteroatoms. The van der Waals surface area contributed by atoms with E-state index in [2.05, 4.69) is 0 Å². The molecular weight excluding hydrogens is 197 g/mol. The van der Waals surface area contributed by atoms with Crippen LogP contribution in [0.3, 0.4) is 0 Å². The second kappa shape index (κ2) is 5.00. The summed E-state index contributed by atoms with van der Waals surface area (Å²) in [6.07, 6.45) is -0.167. The second-order valence-electron chi connectivity index (χ2n) is 2.83. The predicted molar refractivity (Wildman–Crippen MR) is 39.1 cm³/mol. The SMILES string of the molecule is O=S(O)C1CCC(F)(F)CC1.[H-].[Na+]. The molecule has 1 N–H and O–H groups in total. The molecule has 1 rings (SSSR count). The standard InChI is InChI=1S/C6H10F2O2S.Na.H/c7-6(8)3-1-5(2-4-6)11(9)10;;/h5H,1-4H2,(H,9,10);;/q;+1;-1. The molecule has 0 spiro atoms. The summed E-state index contributed by atoms with van der Waals surface area (Å²) in [7, 11) is 0. The first-order chi connectivity index (χ1) is 5.01. The Labute approximate surface area is 96.2 Å². The van der Waals surface area contributed by atoms with Crippen molar-refractivity contribution in [3.63, 3.8) is 0 Å². The first kappa shape index (κ1) is 13.0. The fraction of sp³-hybridized carbons (Fsp3) is 1.00. The molecule has 0 radical (unpaired) electrons. The topological polar surface area (TPSA) is 37.3 Å². The van der Waals surface area contributed by atoms with E-state index in [1.165, 1.54) is 0 Å². The molecule has 1 aliphatic carbocycles. The van der Waals surface area contributed by atoms with E-state index in [4.69, 9.17) is 4.55 Å². The maximum absolute atomic E-state index is 12.5. The van der Waals surface area contributed by atoms with Crippen molar-refractivity contribution < 1.29 is 48.5 Å². The molecule has 1 atom stereocenters. The van der Waals surface area contributed by atoms with Crippen LogP contribution in [0.15, 0.2) is 0 Å². The summed E-state index contributed by atoms with van der Waals surface area (Å²) in [6.45, 7) is 0. The Morgan fingerprint density at radius 2 is 1.83 bits per heavy atom. The molecule has 68 valence electrons. The van der Waals surface area contributed by atoms with Gasteiger partial charge in [0.15, 0.2) is 11.1 Å². The number of hydrogen-bond acceptors (Lipinski definition) is 1. The molecule has 0 amide bonds. The van der Waals surface area contributed by atoms with Crippen molar-refractivity contribution in [2.75, 3.05) is 0 Å². The zero-order chi connectivity index (χ0) is 8.48. The Balaban J connectivity index is 0. The van der Waals surface area contributed by atoms with Crippen LogP contribution in [0.2, 0.25) is 0 Å². The minimum Gasteiger partial charge on any atom is -1.00 e. The van der Waals surface area contributed by atoms with Gasteiger partial charge in [-0.25, -0.2) is 13.0 Å². The Hall–Kier alpha value is 0.970. The maximum atomic E-state index is 12.5. The van der Waals surface area contributed by atoms with Crippen molar-refractivity contribution in [3.8, 4) is 0 Å². The number of halogens is 2. The van der Waals surface area contributed by atoms with E-state index in [-0.39, 0.29) is 56.7 Å². The average Bonchev–Trinajstić information content (AvgIpc) is 1.86. The van der Waals surface area contributed by atoms with Crippen LogP contribution in [0.1, 0.15) is 27.1 Å². The summed E-state index contributed by atoms with van der Waals surface area (Å²) in [5.41, 5.74) is 0. The van der Waals surface area contributed by atoms with Gasteiger partial charge < -0.3 is 5.98 Å². The number of rotatable bonds is 1. The smallest absolute Gasteiger partial charge is 1.00 e. The van der Waals surface area contributed by atoms with Gasteiger partial charge in [-0.2, -0.15) is 0 Å². The zero-order valence-electron chi connectivity index (χ0n) is 7.93. The molecule has 1 saturated carbocycles. The van der Waals surface area contributed by atoms with Gasteiger partial charge in [0.25, 0.3) is 0 Å². The molecule has 1 fully saturated rings. The van der Waals surface area contributed by atoms with Gasteiger partial charge in [-0.1, -0.05) is 0 Å². The quantitative estimate of drug-likeness (QED) is 0.439. The zero-order valence-corrected chi connectivity index (χ0v) is 9.74. The van der Waals surface area contributed by atoms with Crippen LogP contribution in [-0.4, -0.2) is 19.9 Å². The van der Waals surface area contributed by atoms with Gasteiger partial charge in [-0.15, -0.1) is 0 Å². The maximum Gasteiger partial charge on any atom is 1.00 e. The van der Waals surface area contributed by atoms with Crippen LogP contribution in [0.5, 0.6) is 0 Å². The molecule has 0 bridgehead atoms. The van der Waals surface area contributed by atoms with Gasteiger partial charge in [-0.3, -0.25) is 0 Å². The fourth-order valence-corrected chi connectivity index (χ4v) is 1.85. The molecule has 0 heterocycles. The van der Waals surface area contributed by atoms with Crippen LogP contribution >= 0.6 is 0 Å². The van der Waals surface area contributed by atoms with Crippen molar-refractivity contribution >= 4 is 11.1 Å². The van der Waals surface area contributed by atoms with Crippen LogP contribution in [0.25, 0.3) is 0 Å². The fourth-order valence-electron chi connectivity index (χ4n) is 1.22. The first-order valence-corrected chi connectivity index (χ1v) is 4.66. The van der Waals surface area contributed by atoms with Crippen molar-refractivity contribution in [2.24, 2.45) is 0 Å². The Kier molecular flexibility index (Phi) is 5.41. The van der Waals surface area contributed by atoms with E-state index in [1.54, 1.807) is 0 Å². The molecule has 12 heavy (non-hydrogen) atoms. The van der Waals surface area contributed by atoms with E-state index < -0.39 is 22.3 Å². The average molecular weight is 208 g/mol. The monoisotopic (exact) mass is 208 g/mol. The number of alkyl halides is 2. The summed E-state index contributed by atoms with van der Waals surface area (Å²) >= 11 is -1.92. The van der Waals surface area contributed by atoms with E-state index in [9.17, 15) is 13.0 Å². The van der Waals surface area contributed by atoms with Crippen LogP contribution in [0.4, 0.5) is 8.78 Å². The van der Waals surface area contributed by atoms with Crippen LogP contribution in [0, 0.1) is 0 Å². The summed E-state index contributed by atoms with van der Waals surface area (Å²) in [4.78, 5) is 0. The van der Waals surface area contributed by atoms with Gasteiger partial charge in [0.05, 0.1) is 5.25 Å². The van der Waals surface area contributed by atoms with Crippen molar-refractivity contribution in [3.05, 3.63) is 0 Å². The number of hydrogen-bond donors (Lipinski definition) is 1. The van der Waals surface area contributed by atoms with Crippen molar-refractivity contribution in [1.82, 2.24) is 0 Å². The van der Waals surface area contributed by atoms with E-state index >= 15 is 0 Å². The molecule has 0 saturated heterocycles. The van der Waals surface area contributed by atoms with Crippen LogP contribution in [-0.2, 0) is 11.1 Å². The summed E-state index contributed by atoms with van der Waals surface area (Å²) in [6, 6.07) is 0. The van der Waals surface area contributed by atoms with E-state index in [0.29, 0.717) is 0 Å². The third kappa shape index (κ3) is 3.79. The normalized spacial score (nSPS) is 25.9. The van der Waals surface area contributed by atoms with E-state index in [0.717, 1.165) is 0 Å². The molecule has 0 aromatic heterocycles. The molecule has 2 nitrogen and oxygen atoms in total. The molecule has 0 aliphatic heterocycles. The molecular formula is C6H11F2NaO2S. The van der Waals surface area contributed by atoms with Gasteiger partial charge in [0.1, 0.15) is 0 Å². The van der Waals surface area contributed by atoms with E-state index in [1.807, 2.05) is 0 Å². The van der Waals surface area contributed by atoms with Crippen molar-refractivity contribution in [1.29, 1.82) is 0 Å². The minimum atomic E-state index is -2.60. The van der Waals surface area contributed by atoms with Gasteiger partial charge in [0, 0.05) is 12.8 Å².